The number of pyridine rings is 1. The molecule has 2 heterocycles. The number of hydrogen-bond donors (Lipinski definition) is 1. The highest BCUT2D eigenvalue weighted by Gasteiger charge is 2.25. The summed E-state index contributed by atoms with van der Waals surface area (Å²) < 4.78 is 2.09. The van der Waals surface area contributed by atoms with Crippen LogP contribution in [0.2, 0.25) is 0 Å². The van der Waals surface area contributed by atoms with E-state index in [1.54, 1.807) is 0 Å². The Hall–Kier alpha value is -1.35. The SMILES string of the molecule is Cc1cccn2c(C(N)C(C)(C)C)cnc12. The molecular weight excluding hydrogens is 198 g/mol. The van der Waals surface area contributed by atoms with Gasteiger partial charge in [-0.15, -0.1) is 0 Å². The molecule has 0 saturated carbocycles. The molecule has 2 aromatic rings. The first-order valence-corrected chi connectivity index (χ1v) is 5.59. The minimum atomic E-state index is -0.00991. The minimum absolute atomic E-state index is 0.00991. The van der Waals surface area contributed by atoms with Gasteiger partial charge in [0.25, 0.3) is 0 Å². The van der Waals surface area contributed by atoms with Crippen molar-refractivity contribution in [2.45, 2.75) is 33.7 Å². The van der Waals surface area contributed by atoms with Crippen LogP contribution < -0.4 is 5.73 Å². The highest BCUT2D eigenvalue weighted by molar-refractivity contribution is 5.48. The summed E-state index contributed by atoms with van der Waals surface area (Å²) in [5.41, 5.74) is 9.56. The van der Waals surface area contributed by atoms with Crippen molar-refractivity contribution >= 4 is 5.65 Å². The molecule has 0 saturated heterocycles. The molecule has 16 heavy (non-hydrogen) atoms. The minimum Gasteiger partial charge on any atom is -0.322 e. The van der Waals surface area contributed by atoms with E-state index in [9.17, 15) is 0 Å². The van der Waals surface area contributed by atoms with E-state index in [2.05, 4.69) is 43.1 Å². The van der Waals surface area contributed by atoms with Crippen molar-refractivity contribution in [2.75, 3.05) is 0 Å². The average molecular weight is 217 g/mol. The lowest BCUT2D eigenvalue weighted by Gasteiger charge is -2.26. The summed E-state index contributed by atoms with van der Waals surface area (Å²) in [7, 11) is 0. The molecule has 0 bridgehead atoms. The third-order valence-corrected chi connectivity index (χ3v) is 3.01. The largest absolute Gasteiger partial charge is 0.322 e. The fourth-order valence-corrected chi connectivity index (χ4v) is 1.84. The van der Waals surface area contributed by atoms with Crippen molar-refractivity contribution in [3.05, 3.63) is 35.8 Å². The van der Waals surface area contributed by atoms with E-state index in [-0.39, 0.29) is 11.5 Å². The summed E-state index contributed by atoms with van der Waals surface area (Å²) in [4.78, 5) is 4.44. The Labute approximate surface area is 96.3 Å². The van der Waals surface area contributed by atoms with Crippen LogP contribution in [0.15, 0.2) is 24.5 Å². The van der Waals surface area contributed by atoms with Gasteiger partial charge in [-0.3, -0.25) is 0 Å². The Bertz CT molecular complexity index is 505. The summed E-state index contributed by atoms with van der Waals surface area (Å²) in [6, 6.07) is 4.08. The summed E-state index contributed by atoms with van der Waals surface area (Å²) in [5.74, 6) is 0. The normalized spacial score (nSPS) is 14.3. The lowest BCUT2D eigenvalue weighted by molar-refractivity contribution is 0.320. The zero-order valence-electron chi connectivity index (χ0n) is 10.4. The number of nitrogens with two attached hydrogens (primary N) is 1. The Balaban J connectivity index is 2.59. The van der Waals surface area contributed by atoms with Crippen LogP contribution in [0.4, 0.5) is 0 Å². The van der Waals surface area contributed by atoms with Crippen LogP contribution >= 0.6 is 0 Å². The zero-order valence-corrected chi connectivity index (χ0v) is 10.4. The van der Waals surface area contributed by atoms with Crippen molar-refractivity contribution in [3.8, 4) is 0 Å². The van der Waals surface area contributed by atoms with Gasteiger partial charge in [-0.05, 0) is 24.0 Å². The molecule has 2 N–H and O–H groups in total. The van der Waals surface area contributed by atoms with Crippen LogP contribution in [0.25, 0.3) is 5.65 Å². The average Bonchev–Trinajstić information content (AvgIpc) is 2.60. The van der Waals surface area contributed by atoms with Crippen molar-refractivity contribution < 1.29 is 0 Å². The number of aryl methyl sites for hydroxylation is 1. The van der Waals surface area contributed by atoms with Gasteiger partial charge in [0.15, 0.2) is 0 Å². The standard InChI is InChI=1S/C13H19N3/c1-9-6-5-7-16-10(8-15-12(9)16)11(14)13(2,3)4/h5-8,11H,14H2,1-4H3. The first-order chi connectivity index (χ1) is 7.41. The molecule has 3 nitrogen and oxygen atoms in total. The molecule has 2 aromatic heterocycles. The van der Waals surface area contributed by atoms with Crippen LogP contribution in [0, 0.1) is 12.3 Å². The van der Waals surface area contributed by atoms with Gasteiger partial charge < -0.3 is 10.1 Å². The predicted octanol–water partition coefficient (Wildman–Crippen LogP) is 2.69. The fourth-order valence-electron chi connectivity index (χ4n) is 1.84. The second-order valence-electron chi connectivity index (χ2n) is 5.41. The highest BCUT2D eigenvalue weighted by Crippen LogP contribution is 2.30. The van der Waals surface area contributed by atoms with Crippen LogP contribution in [-0.2, 0) is 0 Å². The molecule has 0 aromatic carbocycles. The van der Waals surface area contributed by atoms with E-state index in [1.165, 1.54) is 5.56 Å². The molecule has 1 unspecified atom stereocenters. The van der Waals surface area contributed by atoms with E-state index < -0.39 is 0 Å². The number of fused-ring (bicyclic) bond motifs is 1. The molecule has 0 aliphatic rings. The third-order valence-electron chi connectivity index (χ3n) is 3.01. The van der Waals surface area contributed by atoms with Gasteiger partial charge in [-0.2, -0.15) is 0 Å². The van der Waals surface area contributed by atoms with Gasteiger partial charge in [0.05, 0.1) is 17.9 Å². The van der Waals surface area contributed by atoms with Gasteiger partial charge in [-0.1, -0.05) is 26.8 Å². The van der Waals surface area contributed by atoms with E-state index >= 15 is 0 Å². The molecule has 0 radical (unpaired) electrons. The number of rotatable bonds is 1. The van der Waals surface area contributed by atoms with E-state index in [0.29, 0.717) is 0 Å². The molecule has 2 rings (SSSR count). The zero-order chi connectivity index (χ0) is 11.9. The van der Waals surface area contributed by atoms with Gasteiger partial charge in [0.1, 0.15) is 5.65 Å². The van der Waals surface area contributed by atoms with Gasteiger partial charge in [-0.25, -0.2) is 4.98 Å². The van der Waals surface area contributed by atoms with Gasteiger partial charge >= 0.3 is 0 Å². The lowest BCUT2D eigenvalue weighted by Crippen LogP contribution is -2.27. The van der Waals surface area contributed by atoms with Crippen LogP contribution in [0.1, 0.15) is 38.1 Å². The third kappa shape index (κ3) is 1.71. The predicted molar refractivity (Wildman–Crippen MR) is 66.3 cm³/mol. The molecule has 0 aliphatic heterocycles. The molecule has 86 valence electrons. The molecule has 1 atom stereocenters. The second-order valence-corrected chi connectivity index (χ2v) is 5.41. The van der Waals surface area contributed by atoms with Crippen LogP contribution in [0.3, 0.4) is 0 Å². The van der Waals surface area contributed by atoms with Gasteiger partial charge in [0, 0.05) is 6.20 Å². The summed E-state index contributed by atoms with van der Waals surface area (Å²) >= 11 is 0. The van der Waals surface area contributed by atoms with Crippen molar-refractivity contribution in [1.29, 1.82) is 0 Å². The highest BCUT2D eigenvalue weighted by atomic mass is 15.0. The Morgan fingerprint density at radius 1 is 1.38 bits per heavy atom. The Morgan fingerprint density at radius 2 is 2.06 bits per heavy atom. The number of hydrogen-bond acceptors (Lipinski definition) is 2. The Morgan fingerprint density at radius 3 is 2.69 bits per heavy atom. The maximum Gasteiger partial charge on any atom is 0.139 e. The van der Waals surface area contributed by atoms with Crippen LogP contribution in [-0.4, -0.2) is 9.38 Å². The maximum atomic E-state index is 6.27. The first-order valence-electron chi connectivity index (χ1n) is 5.59. The van der Waals surface area contributed by atoms with E-state index in [1.807, 2.05) is 18.5 Å². The topological polar surface area (TPSA) is 43.3 Å². The maximum absolute atomic E-state index is 6.27. The van der Waals surface area contributed by atoms with Crippen LogP contribution in [0.5, 0.6) is 0 Å². The monoisotopic (exact) mass is 217 g/mol. The number of imidazole rings is 1. The summed E-state index contributed by atoms with van der Waals surface area (Å²) in [6.07, 6.45) is 3.91. The van der Waals surface area contributed by atoms with E-state index in [0.717, 1.165) is 11.3 Å². The molecule has 0 fully saturated rings. The number of nitrogens with zero attached hydrogens (tertiary/aromatic N) is 2. The summed E-state index contributed by atoms with van der Waals surface area (Å²) in [6.45, 7) is 8.50. The molecule has 3 heteroatoms. The lowest BCUT2D eigenvalue weighted by atomic mass is 9.86. The van der Waals surface area contributed by atoms with Crippen molar-refractivity contribution in [3.63, 3.8) is 0 Å². The fraction of sp³-hybridized carbons (Fsp3) is 0.462. The second kappa shape index (κ2) is 3.59. The number of aromatic nitrogens is 2. The Kier molecular flexibility index (Phi) is 2.50. The van der Waals surface area contributed by atoms with Gasteiger partial charge in [0.2, 0.25) is 0 Å². The summed E-state index contributed by atoms with van der Waals surface area (Å²) in [5, 5.41) is 0. The smallest absolute Gasteiger partial charge is 0.139 e. The molecule has 0 aliphatic carbocycles. The van der Waals surface area contributed by atoms with Crippen molar-refractivity contribution in [2.24, 2.45) is 11.1 Å². The molecule has 0 amide bonds. The molecule has 0 spiro atoms. The van der Waals surface area contributed by atoms with E-state index in [4.69, 9.17) is 5.73 Å². The quantitative estimate of drug-likeness (QED) is 0.798. The first kappa shape index (κ1) is 11.1. The van der Waals surface area contributed by atoms with Crippen molar-refractivity contribution in [1.82, 2.24) is 9.38 Å². The molecular formula is C13H19N3.